The Morgan fingerprint density at radius 2 is 1.81 bits per heavy atom. The quantitative estimate of drug-likeness (QED) is 0.227. The van der Waals surface area contributed by atoms with E-state index in [0.717, 1.165) is 34.4 Å². The van der Waals surface area contributed by atoms with Crippen LogP contribution in [-0.4, -0.2) is 54.2 Å². The highest BCUT2D eigenvalue weighted by molar-refractivity contribution is 8.00. The second-order valence-electron chi connectivity index (χ2n) is 10.5. The Balaban J connectivity index is 1.82. The molecule has 0 saturated heterocycles. The van der Waals surface area contributed by atoms with Crippen LogP contribution in [0.1, 0.15) is 42.2 Å². The summed E-state index contributed by atoms with van der Waals surface area (Å²) >= 11 is 7.75. The molecule has 5 rings (SSSR count). The molecule has 2 heterocycles. The Hall–Kier alpha value is -3.95. The number of amides is 2. The smallest absolute Gasteiger partial charge is 0.240 e. The molecule has 10 heteroatoms. The van der Waals surface area contributed by atoms with Crippen molar-refractivity contribution >= 4 is 41.0 Å². The van der Waals surface area contributed by atoms with Gasteiger partial charge in [0.1, 0.15) is 23.9 Å². The van der Waals surface area contributed by atoms with Crippen molar-refractivity contribution in [2.75, 3.05) is 31.4 Å². The second kappa shape index (κ2) is 13.1. The van der Waals surface area contributed by atoms with Crippen molar-refractivity contribution in [1.29, 1.82) is 0 Å². The molecule has 4 aromatic rings. The van der Waals surface area contributed by atoms with Gasteiger partial charge >= 0.3 is 0 Å². The molecule has 1 N–H and O–H groups in total. The first kappa shape index (κ1) is 30.5. The van der Waals surface area contributed by atoms with Crippen molar-refractivity contribution < 1.29 is 19.1 Å². The maximum absolute atomic E-state index is 14.0. The standard InChI is InChI=1S/C33H35ClN4O4S/c1-6-21(3)35-28(39)18-37-29(40)19-43-32(26-17-25(41-4)15-16-27(26)42-5)30-31(22-9-11-23(34)12-10-22)36-38(33(30)37)24-13-7-20(2)8-14-24/h7-17,21,32H,6,18-19H2,1-5H3,(H,35,39)/t21-,32+/m1/s1. The SMILES string of the molecule is CC[C@@H](C)NC(=O)CN1C(=O)CS[C@@H](c2cc(OC)ccc2OC)c2c(-c3ccc(Cl)cc3)nn(-c3ccc(C)cc3)c21. The molecule has 43 heavy (non-hydrogen) atoms. The summed E-state index contributed by atoms with van der Waals surface area (Å²) in [7, 11) is 3.24. The van der Waals surface area contributed by atoms with Gasteiger partial charge < -0.3 is 14.8 Å². The number of nitrogens with zero attached hydrogens (tertiary/aromatic N) is 3. The van der Waals surface area contributed by atoms with Crippen LogP contribution in [0.3, 0.4) is 0 Å². The number of aromatic nitrogens is 2. The van der Waals surface area contributed by atoms with Crippen LogP contribution in [0.5, 0.6) is 11.5 Å². The molecule has 2 atom stereocenters. The van der Waals surface area contributed by atoms with E-state index < -0.39 is 0 Å². The van der Waals surface area contributed by atoms with Gasteiger partial charge in [-0.25, -0.2) is 4.68 Å². The summed E-state index contributed by atoms with van der Waals surface area (Å²) in [6, 6.07) is 21.0. The molecule has 0 unspecified atom stereocenters. The predicted molar refractivity (Wildman–Crippen MR) is 173 cm³/mol. The number of hydrogen-bond donors (Lipinski definition) is 1. The van der Waals surface area contributed by atoms with Crippen LogP contribution in [0.25, 0.3) is 16.9 Å². The summed E-state index contributed by atoms with van der Waals surface area (Å²) in [6.45, 7) is 5.83. The zero-order chi connectivity index (χ0) is 30.7. The van der Waals surface area contributed by atoms with Crippen LogP contribution in [0.15, 0.2) is 66.7 Å². The molecule has 224 valence electrons. The largest absolute Gasteiger partial charge is 0.497 e. The number of aryl methyl sites for hydroxylation is 1. The van der Waals surface area contributed by atoms with E-state index in [9.17, 15) is 9.59 Å². The second-order valence-corrected chi connectivity index (χ2v) is 12.0. The highest BCUT2D eigenvalue weighted by Crippen LogP contribution is 2.51. The van der Waals surface area contributed by atoms with E-state index in [4.69, 9.17) is 26.2 Å². The highest BCUT2D eigenvalue weighted by atomic mass is 35.5. The molecule has 0 fully saturated rings. The predicted octanol–water partition coefficient (Wildman–Crippen LogP) is 6.60. The summed E-state index contributed by atoms with van der Waals surface area (Å²) < 4.78 is 13.2. The lowest BCUT2D eigenvalue weighted by Crippen LogP contribution is -2.44. The van der Waals surface area contributed by atoms with Gasteiger partial charge in [0.15, 0.2) is 0 Å². The minimum absolute atomic E-state index is 0.0242. The number of hydrogen-bond acceptors (Lipinski definition) is 6. The number of nitrogens with one attached hydrogen (secondary N) is 1. The molecular weight excluding hydrogens is 584 g/mol. The monoisotopic (exact) mass is 618 g/mol. The van der Waals surface area contributed by atoms with Gasteiger partial charge in [-0.1, -0.05) is 48.4 Å². The van der Waals surface area contributed by atoms with Crippen molar-refractivity contribution in [2.24, 2.45) is 0 Å². The number of thioether (sulfide) groups is 1. The van der Waals surface area contributed by atoms with E-state index >= 15 is 0 Å². The average molecular weight is 619 g/mol. The van der Waals surface area contributed by atoms with E-state index in [1.54, 1.807) is 23.8 Å². The minimum atomic E-state index is -0.378. The number of fused-ring (bicyclic) bond motifs is 1. The first-order valence-corrected chi connectivity index (χ1v) is 15.6. The van der Waals surface area contributed by atoms with Crippen LogP contribution in [-0.2, 0) is 9.59 Å². The average Bonchev–Trinajstić information content (AvgIpc) is 3.33. The Labute approximate surface area is 261 Å². The number of carbonyl (C=O) groups is 2. The number of benzene rings is 3. The van der Waals surface area contributed by atoms with Crippen LogP contribution in [0, 0.1) is 6.92 Å². The topological polar surface area (TPSA) is 85.7 Å². The zero-order valence-electron chi connectivity index (χ0n) is 24.9. The highest BCUT2D eigenvalue weighted by Gasteiger charge is 2.39. The summed E-state index contributed by atoms with van der Waals surface area (Å²) in [5, 5.41) is 8.38. The zero-order valence-corrected chi connectivity index (χ0v) is 26.5. The van der Waals surface area contributed by atoms with Gasteiger partial charge in [0.25, 0.3) is 0 Å². The lowest BCUT2D eigenvalue weighted by Gasteiger charge is -2.24. The van der Waals surface area contributed by atoms with E-state index in [1.807, 2.05) is 87.5 Å². The molecule has 0 saturated carbocycles. The molecule has 0 aliphatic carbocycles. The third kappa shape index (κ3) is 6.38. The molecule has 1 aliphatic heterocycles. The summed E-state index contributed by atoms with van der Waals surface area (Å²) in [4.78, 5) is 28.8. The fourth-order valence-corrected chi connectivity index (χ4v) is 6.40. The van der Waals surface area contributed by atoms with Crippen LogP contribution in [0.4, 0.5) is 5.82 Å². The molecule has 8 nitrogen and oxygen atoms in total. The van der Waals surface area contributed by atoms with Gasteiger partial charge in [0.2, 0.25) is 11.8 Å². The number of carbonyl (C=O) groups excluding carboxylic acids is 2. The lowest BCUT2D eigenvalue weighted by molar-refractivity contribution is -0.123. The maximum Gasteiger partial charge on any atom is 0.240 e. The van der Waals surface area contributed by atoms with Crippen molar-refractivity contribution in [3.05, 3.63) is 88.4 Å². The summed E-state index contributed by atoms with van der Waals surface area (Å²) in [5.74, 6) is 1.58. The number of halogens is 1. The molecule has 0 radical (unpaired) electrons. The van der Waals surface area contributed by atoms with E-state index in [-0.39, 0.29) is 35.4 Å². The van der Waals surface area contributed by atoms with Gasteiger partial charge in [-0.3, -0.25) is 14.5 Å². The Bertz CT molecular complexity index is 1620. The van der Waals surface area contributed by atoms with Crippen molar-refractivity contribution in [3.63, 3.8) is 0 Å². The third-order valence-electron chi connectivity index (χ3n) is 7.53. The first-order chi connectivity index (χ1) is 20.7. The first-order valence-electron chi connectivity index (χ1n) is 14.1. The summed E-state index contributed by atoms with van der Waals surface area (Å²) in [5.41, 5.74) is 5.00. The molecule has 0 bridgehead atoms. The van der Waals surface area contributed by atoms with Gasteiger partial charge in [0, 0.05) is 27.8 Å². The molecule has 0 spiro atoms. The van der Waals surface area contributed by atoms with Gasteiger partial charge in [-0.15, -0.1) is 11.8 Å². The summed E-state index contributed by atoms with van der Waals surface area (Å²) in [6.07, 6.45) is 0.778. The van der Waals surface area contributed by atoms with Gasteiger partial charge in [0.05, 0.1) is 36.6 Å². The molecule has 1 aromatic heterocycles. The van der Waals surface area contributed by atoms with Crippen molar-refractivity contribution in [3.8, 4) is 28.4 Å². The number of ether oxygens (including phenoxy) is 2. The minimum Gasteiger partial charge on any atom is -0.497 e. The molecular formula is C33H35ClN4O4S. The van der Waals surface area contributed by atoms with Gasteiger partial charge in [-0.05, 0) is 62.7 Å². The maximum atomic E-state index is 14.0. The van der Waals surface area contributed by atoms with Crippen LogP contribution in [0.2, 0.25) is 5.02 Å². The van der Waals surface area contributed by atoms with E-state index in [2.05, 4.69) is 5.32 Å². The molecule has 2 amide bonds. The van der Waals surface area contributed by atoms with E-state index in [0.29, 0.717) is 28.0 Å². The van der Waals surface area contributed by atoms with Crippen molar-refractivity contribution in [1.82, 2.24) is 15.1 Å². The number of methoxy groups -OCH3 is 2. The molecule has 3 aromatic carbocycles. The fourth-order valence-electron chi connectivity index (χ4n) is 5.06. The van der Waals surface area contributed by atoms with Crippen LogP contribution < -0.4 is 19.7 Å². The Morgan fingerprint density at radius 1 is 1.09 bits per heavy atom. The fraction of sp³-hybridized carbons (Fsp3) is 0.303. The lowest BCUT2D eigenvalue weighted by atomic mass is 9.98. The number of anilines is 1. The Kier molecular flexibility index (Phi) is 9.32. The normalized spacial score (nSPS) is 15.4. The van der Waals surface area contributed by atoms with E-state index in [1.165, 1.54) is 11.8 Å². The van der Waals surface area contributed by atoms with Gasteiger partial charge in [-0.2, -0.15) is 5.10 Å². The van der Waals surface area contributed by atoms with Crippen molar-refractivity contribution in [2.45, 2.75) is 38.5 Å². The van der Waals surface area contributed by atoms with Crippen LogP contribution >= 0.6 is 23.4 Å². The Morgan fingerprint density at radius 3 is 2.47 bits per heavy atom. The number of rotatable bonds is 9. The third-order valence-corrected chi connectivity index (χ3v) is 9.01. The molecule has 1 aliphatic rings.